The van der Waals surface area contributed by atoms with Gasteiger partial charge in [-0.05, 0) is 24.6 Å². The molecule has 2 N–H and O–H groups in total. The number of aliphatic hydroxyl groups is 1. The molecule has 0 saturated carbocycles. The zero-order valence-electron chi connectivity index (χ0n) is 15.9. The minimum absolute atomic E-state index is 0.0452. The maximum Gasteiger partial charge on any atom is 0.251 e. The largest absolute Gasteiger partial charge is 0.464 e. The maximum absolute atomic E-state index is 12.6. The van der Waals surface area contributed by atoms with Crippen molar-refractivity contribution in [2.24, 2.45) is 0 Å². The SMILES string of the molecule is CN(C)c1cc(N2C[C@H](O)C[C@@H]2CNC(=O)c2ccc3ccoc3c2)ncn1. The van der Waals surface area contributed by atoms with Crippen LogP contribution in [0.2, 0.25) is 0 Å². The maximum atomic E-state index is 12.6. The topological polar surface area (TPSA) is 94.7 Å². The first-order valence-corrected chi connectivity index (χ1v) is 9.21. The van der Waals surface area contributed by atoms with Crippen molar-refractivity contribution in [2.45, 2.75) is 18.6 Å². The van der Waals surface area contributed by atoms with E-state index in [1.165, 1.54) is 6.33 Å². The van der Waals surface area contributed by atoms with Crippen LogP contribution >= 0.6 is 0 Å². The Labute approximate surface area is 162 Å². The predicted molar refractivity (Wildman–Crippen MR) is 107 cm³/mol. The molecule has 8 heteroatoms. The van der Waals surface area contributed by atoms with Crippen molar-refractivity contribution in [1.29, 1.82) is 0 Å². The minimum atomic E-state index is -0.459. The number of anilines is 2. The highest BCUT2D eigenvalue weighted by molar-refractivity contribution is 5.97. The number of fused-ring (bicyclic) bond motifs is 1. The van der Waals surface area contributed by atoms with Crippen LogP contribution < -0.4 is 15.1 Å². The second kappa shape index (κ2) is 7.47. The summed E-state index contributed by atoms with van der Waals surface area (Å²) in [5.41, 5.74) is 1.23. The first-order valence-electron chi connectivity index (χ1n) is 9.21. The van der Waals surface area contributed by atoms with Gasteiger partial charge in [-0.25, -0.2) is 9.97 Å². The number of furan rings is 1. The van der Waals surface area contributed by atoms with E-state index >= 15 is 0 Å². The van der Waals surface area contributed by atoms with Crippen molar-refractivity contribution in [3.05, 3.63) is 48.5 Å². The molecule has 0 spiro atoms. The molecule has 1 amide bonds. The number of β-amino-alcohol motifs (C(OH)–C–C–N with tert-alkyl or cyclic N) is 1. The summed E-state index contributed by atoms with van der Waals surface area (Å²) in [6.45, 7) is 0.885. The molecular weight excluding hydrogens is 358 g/mol. The molecule has 2 aromatic heterocycles. The molecule has 8 nitrogen and oxygen atoms in total. The summed E-state index contributed by atoms with van der Waals surface area (Å²) in [5, 5.41) is 14.1. The van der Waals surface area contributed by atoms with Crippen LogP contribution in [0.1, 0.15) is 16.8 Å². The standard InChI is InChI=1S/C20H23N5O3/c1-24(2)18-9-19(23-12-22-18)25-11-16(26)8-15(25)10-21-20(27)14-4-3-13-5-6-28-17(13)7-14/h3-7,9,12,15-16,26H,8,10-11H2,1-2H3,(H,21,27)/t15-,16-/m1/s1. The van der Waals surface area contributed by atoms with E-state index in [1.807, 2.05) is 42.1 Å². The molecule has 4 rings (SSSR count). The Morgan fingerprint density at radius 2 is 2.18 bits per heavy atom. The molecule has 0 unspecified atom stereocenters. The van der Waals surface area contributed by atoms with Crippen LogP contribution in [0.3, 0.4) is 0 Å². The second-order valence-electron chi connectivity index (χ2n) is 7.21. The first kappa shape index (κ1) is 18.2. The van der Waals surface area contributed by atoms with Crippen molar-refractivity contribution >= 4 is 28.5 Å². The minimum Gasteiger partial charge on any atom is -0.464 e. The van der Waals surface area contributed by atoms with Crippen molar-refractivity contribution in [1.82, 2.24) is 15.3 Å². The van der Waals surface area contributed by atoms with Crippen molar-refractivity contribution in [3.63, 3.8) is 0 Å². The van der Waals surface area contributed by atoms with Gasteiger partial charge in [0.1, 0.15) is 23.5 Å². The van der Waals surface area contributed by atoms with Gasteiger partial charge in [-0.1, -0.05) is 6.07 Å². The monoisotopic (exact) mass is 381 g/mol. The highest BCUT2D eigenvalue weighted by Crippen LogP contribution is 2.25. The molecule has 28 heavy (non-hydrogen) atoms. The number of carbonyl (C=O) groups excluding carboxylic acids is 1. The molecule has 0 radical (unpaired) electrons. The van der Waals surface area contributed by atoms with Gasteiger partial charge in [0.05, 0.1) is 18.4 Å². The number of aliphatic hydroxyl groups excluding tert-OH is 1. The summed E-state index contributed by atoms with van der Waals surface area (Å²) in [6.07, 6.45) is 3.23. The van der Waals surface area contributed by atoms with Crippen molar-refractivity contribution in [2.75, 3.05) is 37.0 Å². The van der Waals surface area contributed by atoms with E-state index in [0.717, 1.165) is 17.0 Å². The summed E-state index contributed by atoms with van der Waals surface area (Å²) in [5.74, 6) is 1.36. The number of aromatic nitrogens is 2. The van der Waals surface area contributed by atoms with E-state index in [1.54, 1.807) is 18.4 Å². The zero-order chi connectivity index (χ0) is 19.7. The lowest BCUT2D eigenvalue weighted by atomic mass is 10.1. The molecular formula is C20H23N5O3. The summed E-state index contributed by atoms with van der Waals surface area (Å²) < 4.78 is 5.37. The number of amides is 1. The number of hydrogen-bond acceptors (Lipinski definition) is 7. The van der Waals surface area contributed by atoms with Crippen LogP contribution in [0, 0.1) is 0 Å². The number of hydrogen-bond donors (Lipinski definition) is 2. The number of carbonyl (C=O) groups is 1. The second-order valence-corrected chi connectivity index (χ2v) is 7.21. The van der Waals surface area contributed by atoms with Crippen molar-refractivity contribution in [3.8, 4) is 0 Å². The van der Waals surface area contributed by atoms with E-state index in [0.29, 0.717) is 30.7 Å². The lowest BCUT2D eigenvalue weighted by Crippen LogP contribution is -2.40. The first-order chi connectivity index (χ1) is 13.5. The lowest BCUT2D eigenvalue weighted by molar-refractivity contribution is 0.0950. The molecule has 1 aliphatic rings. The van der Waals surface area contributed by atoms with Crippen molar-refractivity contribution < 1.29 is 14.3 Å². The van der Waals surface area contributed by atoms with Gasteiger partial charge in [-0.15, -0.1) is 0 Å². The molecule has 0 aliphatic carbocycles. The van der Waals surface area contributed by atoms with Gasteiger partial charge in [0.2, 0.25) is 0 Å². The quantitative estimate of drug-likeness (QED) is 0.694. The van der Waals surface area contributed by atoms with E-state index in [4.69, 9.17) is 4.42 Å². The fourth-order valence-corrected chi connectivity index (χ4v) is 3.51. The predicted octanol–water partition coefficient (Wildman–Crippen LogP) is 1.66. The van der Waals surface area contributed by atoms with E-state index in [9.17, 15) is 9.90 Å². The lowest BCUT2D eigenvalue weighted by Gasteiger charge is -2.26. The number of nitrogens with one attached hydrogen (secondary N) is 1. The third-order valence-corrected chi connectivity index (χ3v) is 5.00. The smallest absolute Gasteiger partial charge is 0.251 e. The third-order valence-electron chi connectivity index (χ3n) is 5.00. The zero-order valence-corrected chi connectivity index (χ0v) is 15.9. The molecule has 1 aliphatic heterocycles. The van der Waals surface area contributed by atoms with Crippen LogP contribution in [-0.2, 0) is 0 Å². The van der Waals surface area contributed by atoms with Crippen LogP contribution in [0.5, 0.6) is 0 Å². The highest BCUT2D eigenvalue weighted by atomic mass is 16.3. The van der Waals surface area contributed by atoms with E-state index in [2.05, 4.69) is 15.3 Å². The molecule has 3 aromatic rings. The fraction of sp³-hybridized carbons (Fsp3) is 0.350. The van der Waals surface area contributed by atoms with Crippen LogP contribution in [-0.4, -0.2) is 60.3 Å². The van der Waals surface area contributed by atoms with Crippen LogP contribution in [0.4, 0.5) is 11.6 Å². The van der Waals surface area contributed by atoms with Gasteiger partial charge in [-0.2, -0.15) is 0 Å². The van der Waals surface area contributed by atoms with Gasteiger partial charge < -0.3 is 24.6 Å². The van der Waals surface area contributed by atoms with Gasteiger partial charge in [-0.3, -0.25) is 4.79 Å². The number of nitrogens with zero attached hydrogens (tertiary/aromatic N) is 4. The van der Waals surface area contributed by atoms with Gasteiger partial charge in [0.15, 0.2) is 0 Å². The van der Waals surface area contributed by atoms with Crippen LogP contribution in [0.25, 0.3) is 11.0 Å². The Hall–Kier alpha value is -3.13. The summed E-state index contributed by atoms with van der Waals surface area (Å²) in [7, 11) is 3.83. The van der Waals surface area contributed by atoms with E-state index in [-0.39, 0.29) is 11.9 Å². The van der Waals surface area contributed by atoms with Gasteiger partial charge >= 0.3 is 0 Å². The molecule has 1 aromatic carbocycles. The Bertz CT molecular complexity index is 987. The average molecular weight is 381 g/mol. The molecule has 146 valence electrons. The Morgan fingerprint density at radius 1 is 1.32 bits per heavy atom. The summed E-state index contributed by atoms with van der Waals surface area (Å²) >= 11 is 0. The molecule has 3 heterocycles. The summed E-state index contributed by atoms with van der Waals surface area (Å²) in [6, 6.07) is 9.08. The summed E-state index contributed by atoms with van der Waals surface area (Å²) in [4.78, 5) is 25.1. The third kappa shape index (κ3) is 3.63. The Balaban J connectivity index is 1.46. The Morgan fingerprint density at radius 3 is 3.00 bits per heavy atom. The average Bonchev–Trinajstić information content (AvgIpc) is 3.31. The highest BCUT2D eigenvalue weighted by Gasteiger charge is 2.32. The number of rotatable bonds is 5. The Kier molecular flexibility index (Phi) is 4.87. The number of benzene rings is 1. The molecule has 1 saturated heterocycles. The van der Waals surface area contributed by atoms with E-state index < -0.39 is 6.10 Å². The van der Waals surface area contributed by atoms with Gasteiger partial charge in [0.25, 0.3) is 5.91 Å². The molecule has 2 atom stereocenters. The van der Waals surface area contributed by atoms with Gasteiger partial charge in [0, 0.05) is 44.2 Å². The molecule has 0 bridgehead atoms. The fourth-order valence-electron chi connectivity index (χ4n) is 3.51. The van der Waals surface area contributed by atoms with Crippen LogP contribution in [0.15, 0.2) is 47.3 Å². The molecule has 1 fully saturated rings. The normalized spacial score (nSPS) is 19.2.